The first-order chi connectivity index (χ1) is 14.1. The highest BCUT2D eigenvalue weighted by molar-refractivity contribution is 6.03. The highest BCUT2D eigenvalue weighted by Gasteiger charge is 2.13. The molecular formula is C22H20FN3O3. The number of carbonyl (C=O) groups is 2. The summed E-state index contributed by atoms with van der Waals surface area (Å²) >= 11 is 0. The molecule has 1 aromatic heterocycles. The zero-order valence-corrected chi connectivity index (χ0v) is 15.8. The van der Waals surface area contributed by atoms with Crippen LogP contribution in [0.15, 0.2) is 66.7 Å². The summed E-state index contributed by atoms with van der Waals surface area (Å²) in [7, 11) is 1.60. The number of anilines is 1. The molecule has 0 fully saturated rings. The van der Waals surface area contributed by atoms with E-state index >= 15 is 0 Å². The molecule has 0 saturated carbocycles. The smallest absolute Gasteiger partial charge is 0.274 e. The third kappa shape index (κ3) is 5.38. The zero-order valence-electron chi connectivity index (χ0n) is 15.8. The van der Waals surface area contributed by atoms with Gasteiger partial charge in [-0.15, -0.1) is 0 Å². The van der Waals surface area contributed by atoms with E-state index in [2.05, 4.69) is 15.6 Å². The van der Waals surface area contributed by atoms with Crippen molar-refractivity contribution in [2.45, 2.75) is 6.42 Å². The quantitative estimate of drug-likeness (QED) is 0.644. The van der Waals surface area contributed by atoms with Crippen molar-refractivity contribution < 1.29 is 18.7 Å². The number of halogens is 1. The number of nitrogens with zero attached hydrogens (tertiary/aromatic N) is 1. The van der Waals surface area contributed by atoms with Crippen molar-refractivity contribution in [2.24, 2.45) is 0 Å². The van der Waals surface area contributed by atoms with Gasteiger partial charge in [-0.1, -0.05) is 30.3 Å². The highest BCUT2D eigenvalue weighted by atomic mass is 19.1. The molecule has 0 aliphatic heterocycles. The van der Waals surface area contributed by atoms with Gasteiger partial charge in [-0.25, -0.2) is 9.37 Å². The van der Waals surface area contributed by atoms with Crippen LogP contribution in [0.5, 0.6) is 5.75 Å². The minimum atomic E-state index is -0.594. The van der Waals surface area contributed by atoms with Crippen molar-refractivity contribution >= 4 is 17.5 Å². The molecule has 3 rings (SSSR count). The molecule has 0 aliphatic rings. The number of hydrogen-bond donors (Lipinski definition) is 2. The van der Waals surface area contributed by atoms with Crippen LogP contribution in [-0.4, -0.2) is 30.5 Å². The van der Waals surface area contributed by atoms with Crippen molar-refractivity contribution in [1.29, 1.82) is 0 Å². The Morgan fingerprint density at radius 3 is 2.31 bits per heavy atom. The summed E-state index contributed by atoms with van der Waals surface area (Å²) in [5, 5.41) is 5.22. The number of carbonyl (C=O) groups excluding carboxylic acids is 2. The van der Waals surface area contributed by atoms with E-state index in [0.29, 0.717) is 13.0 Å². The van der Waals surface area contributed by atoms with Crippen LogP contribution in [0.4, 0.5) is 10.1 Å². The molecule has 0 aliphatic carbocycles. The Balaban J connectivity index is 1.58. The highest BCUT2D eigenvalue weighted by Crippen LogP contribution is 2.14. The molecule has 0 unspecified atom stereocenters. The predicted molar refractivity (Wildman–Crippen MR) is 108 cm³/mol. The Kier molecular flexibility index (Phi) is 6.52. The van der Waals surface area contributed by atoms with Crippen molar-refractivity contribution in [3.05, 3.63) is 89.5 Å². The second-order valence-electron chi connectivity index (χ2n) is 6.20. The molecule has 0 atom stereocenters. The molecule has 1 heterocycles. The third-order valence-corrected chi connectivity index (χ3v) is 4.19. The van der Waals surface area contributed by atoms with E-state index in [1.807, 2.05) is 24.3 Å². The van der Waals surface area contributed by atoms with E-state index in [9.17, 15) is 14.0 Å². The predicted octanol–water partition coefficient (Wildman–Crippen LogP) is 3.45. The minimum absolute atomic E-state index is 0.0241. The molecule has 0 spiro atoms. The molecule has 2 amide bonds. The maximum atomic E-state index is 13.7. The van der Waals surface area contributed by atoms with Gasteiger partial charge in [-0.2, -0.15) is 0 Å². The number of hydrogen-bond acceptors (Lipinski definition) is 4. The Hall–Kier alpha value is -3.74. The van der Waals surface area contributed by atoms with Gasteiger partial charge in [-0.05, 0) is 48.4 Å². The first-order valence-corrected chi connectivity index (χ1v) is 9.01. The van der Waals surface area contributed by atoms with Gasteiger partial charge < -0.3 is 15.4 Å². The maximum Gasteiger partial charge on any atom is 0.274 e. The van der Waals surface area contributed by atoms with E-state index in [0.717, 1.165) is 11.3 Å². The van der Waals surface area contributed by atoms with Crippen LogP contribution in [0.25, 0.3) is 0 Å². The fraction of sp³-hybridized carbons (Fsp3) is 0.136. The second-order valence-corrected chi connectivity index (χ2v) is 6.20. The molecule has 0 bridgehead atoms. The van der Waals surface area contributed by atoms with Gasteiger partial charge in [0.25, 0.3) is 11.8 Å². The van der Waals surface area contributed by atoms with Gasteiger partial charge in [0, 0.05) is 6.54 Å². The van der Waals surface area contributed by atoms with Crippen LogP contribution in [0.1, 0.15) is 26.5 Å². The fourth-order valence-electron chi connectivity index (χ4n) is 2.64. The average Bonchev–Trinajstić information content (AvgIpc) is 2.76. The van der Waals surface area contributed by atoms with Crippen LogP contribution in [-0.2, 0) is 6.42 Å². The molecule has 0 saturated heterocycles. The van der Waals surface area contributed by atoms with E-state index in [4.69, 9.17) is 4.74 Å². The molecule has 2 aromatic carbocycles. The summed E-state index contributed by atoms with van der Waals surface area (Å²) in [5.74, 6) is -0.761. The summed E-state index contributed by atoms with van der Waals surface area (Å²) in [5.41, 5.74) is 1.24. The standard InChI is InChI=1S/C22H20FN3O3/c1-29-16-11-9-15(10-12-16)13-14-24-21(27)19-7-4-8-20(25-19)22(28)26-18-6-3-2-5-17(18)23/h2-12H,13-14H2,1H3,(H,24,27)(H,26,28). The van der Waals surface area contributed by atoms with Crippen LogP contribution >= 0.6 is 0 Å². The molecule has 29 heavy (non-hydrogen) atoms. The average molecular weight is 393 g/mol. The van der Waals surface area contributed by atoms with Gasteiger partial charge in [0.2, 0.25) is 0 Å². The van der Waals surface area contributed by atoms with Crippen molar-refractivity contribution in [2.75, 3.05) is 19.0 Å². The number of pyridine rings is 1. The summed E-state index contributed by atoms with van der Waals surface area (Å²) in [6.45, 7) is 0.415. The van der Waals surface area contributed by atoms with E-state index in [1.165, 1.54) is 30.3 Å². The number of rotatable bonds is 7. The van der Waals surface area contributed by atoms with Crippen LogP contribution in [0.2, 0.25) is 0 Å². The summed E-state index contributed by atoms with van der Waals surface area (Å²) in [6, 6.07) is 17.9. The maximum absolute atomic E-state index is 13.7. The van der Waals surface area contributed by atoms with Gasteiger partial charge >= 0.3 is 0 Å². The Morgan fingerprint density at radius 2 is 1.62 bits per heavy atom. The second kappa shape index (κ2) is 9.45. The lowest BCUT2D eigenvalue weighted by atomic mass is 10.1. The van der Waals surface area contributed by atoms with Gasteiger partial charge in [0.1, 0.15) is 23.0 Å². The van der Waals surface area contributed by atoms with Crippen LogP contribution in [0, 0.1) is 5.82 Å². The molecule has 148 valence electrons. The van der Waals surface area contributed by atoms with E-state index in [-0.39, 0.29) is 23.0 Å². The number of nitrogens with one attached hydrogen (secondary N) is 2. The van der Waals surface area contributed by atoms with Crippen LogP contribution < -0.4 is 15.4 Å². The molecule has 2 N–H and O–H groups in total. The fourth-order valence-corrected chi connectivity index (χ4v) is 2.64. The Bertz CT molecular complexity index is 1010. The summed E-state index contributed by atoms with van der Waals surface area (Å²) < 4.78 is 18.8. The summed E-state index contributed by atoms with van der Waals surface area (Å²) in [6.07, 6.45) is 0.642. The van der Waals surface area contributed by atoms with Gasteiger partial charge in [-0.3, -0.25) is 9.59 Å². The van der Waals surface area contributed by atoms with Crippen molar-refractivity contribution in [3.8, 4) is 5.75 Å². The number of amides is 2. The monoisotopic (exact) mass is 393 g/mol. The van der Waals surface area contributed by atoms with Crippen molar-refractivity contribution in [3.63, 3.8) is 0 Å². The Labute approximate surface area is 167 Å². The zero-order chi connectivity index (χ0) is 20.6. The number of benzene rings is 2. The molecule has 0 radical (unpaired) electrons. The number of methoxy groups -OCH3 is 1. The van der Waals surface area contributed by atoms with Gasteiger partial charge in [0.05, 0.1) is 12.8 Å². The topological polar surface area (TPSA) is 80.3 Å². The SMILES string of the molecule is COc1ccc(CCNC(=O)c2cccc(C(=O)Nc3ccccc3F)n2)cc1. The molecular weight excluding hydrogens is 373 g/mol. The lowest BCUT2D eigenvalue weighted by Gasteiger charge is -2.08. The normalized spacial score (nSPS) is 10.3. The minimum Gasteiger partial charge on any atom is -0.497 e. The molecule has 7 heteroatoms. The van der Waals surface area contributed by atoms with Gasteiger partial charge in [0.15, 0.2) is 0 Å². The van der Waals surface area contributed by atoms with E-state index in [1.54, 1.807) is 19.2 Å². The lowest BCUT2D eigenvalue weighted by molar-refractivity contribution is 0.0949. The first-order valence-electron chi connectivity index (χ1n) is 9.01. The number of para-hydroxylation sites is 1. The largest absolute Gasteiger partial charge is 0.497 e. The molecule has 6 nitrogen and oxygen atoms in total. The lowest BCUT2D eigenvalue weighted by Crippen LogP contribution is -2.27. The number of ether oxygens (including phenoxy) is 1. The Morgan fingerprint density at radius 1 is 0.931 bits per heavy atom. The van der Waals surface area contributed by atoms with Crippen molar-refractivity contribution in [1.82, 2.24) is 10.3 Å². The third-order valence-electron chi connectivity index (χ3n) is 4.19. The molecule has 3 aromatic rings. The number of aromatic nitrogens is 1. The summed E-state index contributed by atoms with van der Waals surface area (Å²) in [4.78, 5) is 28.7. The van der Waals surface area contributed by atoms with Crippen LogP contribution in [0.3, 0.4) is 0 Å². The van der Waals surface area contributed by atoms with E-state index < -0.39 is 11.7 Å². The first kappa shape index (κ1) is 20.0.